The van der Waals surface area contributed by atoms with Gasteiger partial charge in [0.15, 0.2) is 0 Å². The summed E-state index contributed by atoms with van der Waals surface area (Å²) >= 11 is 0. The lowest BCUT2D eigenvalue weighted by Crippen LogP contribution is -2.31. The van der Waals surface area contributed by atoms with E-state index in [1.54, 1.807) is 12.1 Å². The third-order valence-electron chi connectivity index (χ3n) is 4.56. The van der Waals surface area contributed by atoms with E-state index in [0.29, 0.717) is 18.1 Å². The van der Waals surface area contributed by atoms with E-state index in [0.717, 1.165) is 16.7 Å². The van der Waals surface area contributed by atoms with Gasteiger partial charge in [-0.1, -0.05) is 61.0 Å². The van der Waals surface area contributed by atoms with E-state index in [9.17, 15) is 9.18 Å². The standard InChI is InChI=1S/C22H24FN3O2/c1-14(2)21(16-8-10-18(23)11-9-16)24-19(27)12-13-20-25-22(26-28-20)17-6-4-15(3)5-7-17/h4-11,14,21H,12-13H2,1-3H3,(H,24,27)/t21-/m0/s1. The van der Waals surface area contributed by atoms with Crippen LogP contribution in [0.1, 0.15) is 43.3 Å². The van der Waals surface area contributed by atoms with E-state index in [-0.39, 0.29) is 30.1 Å². The number of carbonyl (C=O) groups is 1. The first-order valence-corrected chi connectivity index (χ1v) is 9.37. The third kappa shape index (κ3) is 5.03. The highest BCUT2D eigenvalue weighted by Crippen LogP contribution is 2.22. The van der Waals surface area contributed by atoms with Crippen molar-refractivity contribution in [3.63, 3.8) is 0 Å². The van der Waals surface area contributed by atoms with Crippen LogP contribution in [0, 0.1) is 18.7 Å². The van der Waals surface area contributed by atoms with Gasteiger partial charge in [0, 0.05) is 18.4 Å². The van der Waals surface area contributed by atoms with Crippen molar-refractivity contribution in [2.75, 3.05) is 0 Å². The Morgan fingerprint density at radius 1 is 1.11 bits per heavy atom. The van der Waals surface area contributed by atoms with E-state index < -0.39 is 0 Å². The van der Waals surface area contributed by atoms with Crippen LogP contribution in [0.2, 0.25) is 0 Å². The molecule has 0 spiro atoms. The average molecular weight is 381 g/mol. The quantitative estimate of drug-likeness (QED) is 0.648. The highest BCUT2D eigenvalue weighted by molar-refractivity contribution is 5.76. The van der Waals surface area contributed by atoms with Gasteiger partial charge in [-0.05, 0) is 30.5 Å². The number of hydrogen-bond acceptors (Lipinski definition) is 4. The minimum Gasteiger partial charge on any atom is -0.349 e. The molecule has 0 aliphatic rings. The molecule has 0 fully saturated rings. The number of nitrogens with zero attached hydrogens (tertiary/aromatic N) is 2. The Hall–Kier alpha value is -3.02. The molecule has 0 bridgehead atoms. The molecule has 3 aromatic rings. The summed E-state index contributed by atoms with van der Waals surface area (Å²) in [6, 6.07) is 13.9. The number of nitrogens with one attached hydrogen (secondary N) is 1. The fourth-order valence-corrected chi connectivity index (χ4v) is 2.95. The number of rotatable bonds is 7. The van der Waals surface area contributed by atoms with Crippen LogP contribution in [0.4, 0.5) is 4.39 Å². The predicted octanol–water partition coefficient (Wildman–Crippen LogP) is 4.63. The number of amides is 1. The number of hydrogen-bond donors (Lipinski definition) is 1. The van der Waals surface area contributed by atoms with Crippen LogP contribution in [0.3, 0.4) is 0 Å². The number of halogens is 1. The van der Waals surface area contributed by atoms with E-state index in [4.69, 9.17) is 4.52 Å². The van der Waals surface area contributed by atoms with Gasteiger partial charge in [0.05, 0.1) is 6.04 Å². The molecule has 1 aromatic heterocycles. The zero-order valence-corrected chi connectivity index (χ0v) is 16.3. The monoisotopic (exact) mass is 381 g/mol. The molecule has 146 valence electrons. The Morgan fingerprint density at radius 2 is 1.79 bits per heavy atom. The van der Waals surface area contributed by atoms with Gasteiger partial charge in [0.1, 0.15) is 5.82 Å². The summed E-state index contributed by atoms with van der Waals surface area (Å²) in [4.78, 5) is 16.8. The Bertz CT molecular complexity index is 918. The van der Waals surface area contributed by atoms with Crippen LogP contribution in [0.15, 0.2) is 53.1 Å². The van der Waals surface area contributed by atoms with Gasteiger partial charge in [-0.3, -0.25) is 4.79 Å². The molecule has 1 atom stereocenters. The van der Waals surface area contributed by atoms with Gasteiger partial charge in [-0.25, -0.2) is 4.39 Å². The molecule has 0 aliphatic heterocycles. The maximum atomic E-state index is 13.2. The number of aryl methyl sites for hydroxylation is 2. The molecule has 28 heavy (non-hydrogen) atoms. The first-order valence-electron chi connectivity index (χ1n) is 9.37. The Morgan fingerprint density at radius 3 is 2.43 bits per heavy atom. The minimum absolute atomic E-state index is 0.113. The molecule has 1 amide bonds. The lowest BCUT2D eigenvalue weighted by atomic mass is 9.96. The van der Waals surface area contributed by atoms with E-state index >= 15 is 0 Å². The second-order valence-corrected chi connectivity index (χ2v) is 7.22. The van der Waals surface area contributed by atoms with Crippen LogP contribution in [-0.2, 0) is 11.2 Å². The highest BCUT2D eigenvalue weighted by atomic mass is 19.1. The second-order valence-electron chi connectivity index (χ2n) is 7.22. The molecule has 5 nitrogen and oxygen atoms in total. The first-order chi connectivity index (χ1) is 13.4. The summed E-state index contributed by atoms with van der Waals surface area (Å²) in [6.45, 7) is 6.04. The molecule has 2 aromatic carbocycles. The third-order valence-corrected chi connectivity index (χ3v) is 4.56. The normalized spacial score (nSPS) is 12.2. The maximum Gasteiger partial charge on any atom is 0.227 e. The summed E-state index contributed by atoms with van der Waals surface area (Å²) in [5.41, 5.74) is 2.91. The van der Waals surface area contributed by atoms with Crippen molar-refractivity contribution >= 4 is 5.91 Å². The van der Waals surface area contributed by atoms with Crippen LogP contribution < -0.4 is 5.32 Å². The van der Waals surface area contributed by atoms with E-state index in [1.165, 1.54) is 12.1 Å². The van der Waals surface area contributed by atoms with Crippen LogP contribution in [0.5, 0.6) is 0 Å². The van der Waals surface area contributed by atoms with Gasteiger partial charge >= 0.3 is 0 Å². The van der Waals surface area contributed by atoms with Gasteiger partial charge in [0.25, 0.3) is 0 Å². The van der Waals surface area contributed by atoms with Gasteiger partial charge in [-0.2, -0.15) is 4.98 Å². The van der Waals surface area contributed by atoms with Crippen LogP contribution >= 0.6 is 0 Å². The van der Waals surface area contributed by atoms with Gasteiger partial charge < -0.3 is 9.84 Å². The molecule has 0 unspecified atom stereocenters. The Balaban J connectivity index is 1.59. The minimum atomic E-state index is -0.293. The largest absolute Gasteiger partial charge is 0.349 e. The zero-order valence-electron chi connectivity index (χ0n) is 16.3. The molecular formula is C22H24FN3O2. The van der Waals surface area contributed by atoms with Crippen molar-refractivity contribution in [3.05, 3.63) is 71.4 Å². The molecule has 0 saturated carbocycles. The van der Waals surface area contributed by atoms with Gasteiger partial charge in [0.2, 0.25) is 17.6 Å². The first kappa shape index (κ1) is 19.7. The molecule has 0 radical (unpaired) electrons. The van der Waals surface area contributed by atoms with Crippen molar-refractivity contribution in [1.82, 2.24) is 15.5 Å². The van der Waals surface area contributed by atoms with Crippen LogP contribution in [-0.4, -0.2) is 16.0 Å². The lowest BCUT2D eigenvalue weighted by Gasteiger charge is -2.23. The van der Waals surface area contributed by atoms with Crippen molar-refractivity contribution < 1.29 is 13.7 Å². The maximum absolute atomic E-state index is 13.2. The SMILES string of the molecule is Cc1ccc(-c2noc(CCC(=O)N[C@H](c3ccc(F)cc3)C(C)C)n2)cc1. The summed E-state index contributed by atoms with van der Waals surface area (Å²) < 4.78 is 18.4. The lowest BCUT2D eigenvalue weighted by molar-refractivity contribution is -0.122. The second kappa shape index (κ2) is 8.78. The van der Waals surface area contributed by atoms with Gasteiger partial charge in [-0.15, -0.1) is 0 Å². The van der Waals surface area contributed by atoms with Crippen molar-refractivity contribution in [3.8, 4) is 11.4 Å². The molecule has 1 N–H and O–H groups in total. The fraction of sp³-hybridized carbons (Fsp3) is 0.318. The Labute approximate surface area is 164 Å². The molecule has 3 rings (SSSR count). The molecular weight excluding hydrogens is 357 g/mol. The fourth-order valence-electron chi connectivity index (χ4n) is 2.95. The van der Waals surface area contributed by atoms with E-state index in [1.807, 2.05) is 45.0 Å². The highest BCUT2D eigenvalue weighted by Gasteiger charge is 2.19. The van der Waals surface area contributed by atoms with E-state index in [2.05, 4.69) is 15.5 Å². The topological polar surface area (TPSA) is 68.0 Å². The summed E-state index contributed by atoms with van der Waals surface area (Å²) in [5.74, 6) is 0.706. The molecule has 1 heterocycles. The van der Waals surface area contributed by atoms with Crippen molar-refractivity contribution in [2.24, 2.45) is 5.92 Å². The van der Waals surface area contributed by atoms with Crippen molar-refractivity contribution in [1.29, 1.82) is 0 Å². The van der Waals surface area contributed by atoms with Crippen LogP contribution in [0.25, 0.3) is 11.4 Å². The summed E-state index contributed by atoms with van der Waals surface area (Å²) in [6.07, 6.45) is 0.596. The number of aromatic nitrogens is 2. The average Bonchev–Trinajstić information content (AvgIpc) is 3.15. The van der Waals surface area contributed by atoms with Crippen molar-refractivity contribution in [2.45, 2.75) is 39.7 Å². The molecule has 0 saturated heterocycles. The zero-order chi connectivity index (χ0) is 20.1. The molecule has 0 aliphatic carbocycles. The number of benzene rings is 2. The smallest absolute Gasteiger partial charge is 0.227 e. The Kier molecular flexibility index (Phi) is 6.19. The summed E-state index contributed by atoms with van der Waals surface area (Å²) in [7, 11) is 0. The predicted molar refractivity (Wildman–Crippen MR) is 105 cm³/mol. The summed E-state index contributed by atoms with van der Waals surface area (Å²) in [5, 5.41) is 7.00. The number of carbonyl (C=O) groups excluding carboxylic acids is 1. The molecule has 6 heteroatoms.